The van der Waals surface area contributed by atoms with E-state index in [0.717, 1.165) is 0 Å². The van der Waals surface area contributed by atoms with E-state index in [-0.39, 0.29) is 5.91 Å². The molecule has 5 nitrogen and oxygen atoms in total. The van der Waals surface area contributed by atoms with Gasteiger partial charge in [0.25, 0.3) is 0 Å². The first-order valence-corrected chi connectivity index (χ1v) is 3.37. The van der Waals surface area contributed by atoms with Crippen molar-refractivity contribution in [2.75, 3.05) is 6.61 Å². The van der Waals surface area contributed by atoms with E-state index in [4.69, 9.17) is 5.11 Å². The van der Waals surface area contributed by atoms with Crippen molar-refractivity contribution in [3.63, 3.8) is 0 Å². The lowest BCUT2D eigenvalue weighted by Gasteiger charge is -2.11. The van der Waals surface area contributed by atoms with Crippen LogP contribution in [0.15, 0.2) is 0 Å². The highest BCUT2D eigenvalue weighted by atomic mass is 31.0. The third-order valence-corrected chi connectivity index (χ3v) is 1.19. The van der Waals surface area contributed by atoms with Crippen molar-refractivity contribution in [2.45, 2.75) is 13.0 Å². The molecule has 0 bridgehead atoms. The van der Waals surface area contributed by atoms with Gasteiger partial charge in [0.15, 0.2) is 6.04 Å². The molecule has 11 heavy (non-hydrogen) atoms. The Balaban J connectivity index is 3.94. The molecule has 2 N–H and O–H groups in total. The van der Waals surface area contributed by atoms with Crippen molar-refractivity contribution in [3.8, 4) is 0 Å². The predicted molar refractivity (Wildman–Crippen MR) is 40.5 cm³/mol. The van der Waals surface area contributed by atoms with Gasteiger partial charge in [0.2, 0.25) is 5.91 Å². The van der Waals surface area contributed by atoms with Crippen LogP contribution in [0.4, 0.5) is 0 Å². The summed E-state index contributed by atoms with van der Waals surface area (Å²) in [4.78, 5) is 21.1. The Labute approximate surface area is 66.4 Å². The van der Waals surface area contributed by atoms with E-state index >= 15 is 0 Å². The zero-order valence-corrected chi connectivity index (χ0v) is 7.19. The monoisotopic (exact) mass is 179 g/mol. The fraction of sp³-hybridized carbons (Fsp3) is 0.600. The molecule has 0 saturated carbocycles. The molecule has 0 aromatic carbocycles. The smallest absolute Gasteiger partial charge is 0.333 e. The van der Waals surface area contributed by atoms with Gasteiger partial charge in [0, 0.05) is 6.92 Å². The maximum atomic E-state index is 10.7. The Bertz CT molecular complexity index is 161. The van der Waals surface area contributed by atoms with Crippen molar-refractivity contribution >= 4 is 21.3 Å². The lowest BCUT2D eigenvalue weighted by atomic mass is 10.3. The van der Waals surface area contributed by atoms with E-state index in [9.17, 15) is 9.59 Å². The van der Waals surface area contributed by atoms with E-state index in [1.54, 1.807) is 9.47 Å². The SMILES string of the molecule is CC(=O)N[C@@H](CO)C(=O)OP. The standard InChI is InChI=1S/C5H10NO4P/c1-3(8)6-4(2-7)5(9)10-11/h4,7H,2,11H2,1H3,(H,6,8)/t4-/m0/s1. The fourth-order valence-electron chi connectivity index (χ4n) is 0.507. The first kappa shape index (κ1) is 10.3. The number of carbonyl (C=O) groups is 2. The third-order valence-electron chi connectivity index (χ3n) is 0.961. The summed E-state index contributed by atoms with van der Waals surface area (Å²) in [5, 5.41) is 10.8. The average molecular weight is 179 g/mol. The van der Waals surface area contributed by atoms with E-state index in [0.29, 0.717) is 0 Å². The maximum Gasteiger partial charge on any atom is 0.333 e. The minimum Gasteiger partial charge on any atom is -0.450 e. The number of carbonyl (C=O) groups excluding carboxylic acids is 2. The average Bonchev–Trinajstić information content (AvgIpc) is 1.98. The highest BCUT2D eigenvalue weighted by Gasteiger charge is 2.18. The molecule has 1 unspecified atom stereocenters. The van der Waals surface area contributed by atoms with Gasteiger partial charge in [-0.1, -0.05) is 0 Å². The van der Waals surface area contributed by atoms with Gasteiger partial charge in [0.1, 0.15) is 0 Å². The quantitative estimate of drug-likeness (QED) is 0.534. The van der Waals surface area contributed by atoms with Crippen molar-refractivity contribution in [1.82, 2.24) is 5.32 Å². The van der Waals surface area contributed by atoms with Gasteiger partial charge < -0.3 is 14.9 Å². The number of rotatable bonds is 3. The number of nitrogens with one attached hydrogen (secondary N) is 1. The van der Waals surface area contributed by atoms with Gasteiger partial charge >= 0.3 is 5.97 Å². The largest absolute Gasteiger partial charge is 0.450 e. The molecule has 0 aliphatic rings. The number of aliphatic hydroxyl groups excluding tert-OH is 1. The Hall–Kier alpha value is -0.670. The molecule has 0 heterocycles. The molecule has 64 valence electrons. The Morgan fingerprint density at radius 1 is 1.73 bits per heavy atom. The molecule has 0 aliphatic heterocycles. The van der Waals surface area contributed by atoms with Crippen LogP contribution in [-0.4, -0.2) is 29.6 Å². The van der Waals surface area contributed by atoms with E-state index < -0.39 is 18.6 Å². The fourth-order valence-corrected chi connectivity index (χ4v) is 0.671. The molecule has 6 heteroatoms. The summed E-state index contributed by atoms with van der Waals surface area (Å²) in [7, 11) is 1.74. The van der Waals surface area contributed by atoms with Crippen molar-refractivity contribution in [3.05, 3.63) is 0 Å². The van der Waals surface area contributed by atoms with E-state index in [1.165, 1.54) is 6.92 Å². The molecule has 0 rings (SSSR count). The van der Waals surface area contributed by atoms with Crippen LogP contribution in [0.25, 0.3) is 0 Å². The second-order valence-electron chi connectivity index (χ2n) is 1.87. The van der Waals surface area contributed by atoms with Crippen LogP contribution in [0, 0.1) is 0 Å². The van der Waals surface area contributed by atoms with Gasteiger partial charge in [-0.05, 0) is 0 Å². The molecule has 0 aliphatic carbocycles. The normalized spacial score (nSPS) is 11.9. The zero-order chi connectivity index (χ0) is 8.85. The lowest BCUT2D eigenvalue weighted by molar-refractivity contribution is -0.139. The van der Waals surface area contributed by atoms with Crippen LogP contribution >= 0.6 is 9.47 Å². The first-order valence-electron chi connectivity index (χ1n) is 2.90. The predicted octanol–water partition coefficient (Wildman–Crippen LogP) is -1.18. The molecule has 0 fully saturated rings. The summed E-state index contributed by atoms with van der Waals surface area (Å²) in [6.45, 7) is 0.783. The van der Waals surface area contributed by atoms with Crippen LogP contribution in [0.3, 0.4) is 0 Å². The van der Waals surface area contributed by atoms with Crippen molar-refractivity contribution in [2.24, 2.45) is 0 Å². The minimum atomic E-state index is -0.968. The van der Waals surface area contributed by atoms with Gasteiger partial charge in [-0.3, -0.25) is 4.79 Å². The van der Waals surface area contributed by atoms with Gasteiger partial charge in [-0.25, -0.2) is 4.79 Å². The first-order chi connectivity index (χ1) is 5.11. The summed E-state index contributed by atoms with van der Waals surface area (Å²) in [6, 6.07) is -0.968. The number of hydrogen-bond donors (Lipinski definition) is 2. The number of aliphatic hydroxyl groups is 1. The molecule has 0 aromatic rings. The van der Waals surface area contributed by atoms with E-state index in [2.05, 4.69) is 9.84 Å². The second-order valence-corrected chi connectivity index (χ2v) is 2.11. The topological polar surface area (TPSA) is 75.6 Å². The van der Waals surface area contributed by atoms with Crippen molar-refractivity contribution in [1.29, 1.82) is 0 Å². The third kappa shape index (κ3) is 3.91. The summed E-state index contributed by atoms with van der Waals surface area (Å²) in [5.74, 6) is -1.08. The van der Waals surface area contributed by atoms with Crippen LogP contribution in [-0.2, 0) is 14.1 Å². The van der Waals surface area contributed by atoms with Crippen LogP contribution in [0.2, 0.25) is 0 Å². The van der Waals surface area contributed by atoms with Crippen LogP contribution in [0.1, 0.15) is 6.92 Å². The number of amides is 1. The molecular formula is C5H10NO4P. The zero-order valence-electron chi connectivity index (χ0n) is 6.03. The molecular weight excluding hydrogens is 169 g/mol. The summed E-state index contributed by atoms with van der Waals surface area (Å²) in [6.07, 6.45) is 0. The Morgan fingerprint density at radius 3 is 2.55 bits per heavy atom. The lowest BCUT2D eigenvalue weighted by Crippen LogP contribution is -2.42. The molecule has 0 saturated heterocycles. The molecule has 2 atom stereocenters. The maximum absolute atomic E-state index is 10.7. The van der Waals surface area contributed by atoms with Gasteiger partial charge in [-0.2, -0.15) is 0 Å². The summed E-state index contributed by atoms with van der Waals surface area (Å²) < 4.78 is 4.21. The van der Waals surface area contributed by atoms with Gasteiger partial charge in [-0.15, -0.1) is 0 Å². The highest BCUT2D eigenvalue weighted by Crippen LogP contribution is 1.92. The molecule has 0 spiro atoms. The Kier molecular flexibility index (Phi) is 4.74. The minimum absolute atomic E-state index is 0.389. The van der Waals surface area contributed by atoms with Crippen molar-refractivity contribution < 1.29 is 19.2 Å². The van der Waals surface area contributed by atoms with Crippen LogP contribution in [0.5, 0.6) is 0 Å². The summed E-state index contributed by atoms with van der Waals surface area (Å²) in [5.41, 5.74) is 0. The van der Waals surface area contributed by atoms with E-state index in [1.807, 2.05) is 0 Å². The second kappa shape index (κ2) is 5.04. The highest BCUT2D eigenvalue weighted by molar-refractivity contribution is 7.10. The summed E-state index contributed by atoms with van der Waals surface area (Å²) >= 11 is 0. The molecule has 0 radical (unpaired) electrons. The Morgan fingerprint density at radius 2 is 2.27 bits per heavy atom. The van der Waals surface area contributed by atoms with Crippen LogP contribution < -0.4 is 5.32 Å². The van der Waals surface area contributed by atoms with Gasteiger partial charge in [0.05, 0.1) is 16.1 Å². The molecule has 1 amide bonds. The molecule has 0 aromatic heterocycles. The number of hydrogen-bond acceptors (Lipinski definition) is 4.